The summed E-state index contributed by atoms with van der Waals surface area (Å²) in [5.74, 6) is -0.0138. The van der Waals surface area contributed by atoms with Crippen LogP contribution in [0.25, 0.3) is 0 Å². The molecule has 3 aliphatic rings. The van der Waals surface area contributed by atoms with Crippen LogP contribution in [0.5, 0.6) is 5.75 Å². The predicted molar refractivity (Wildman–Crippen MR) is 107 cm³/mol. The lowest BCUT2D eigenvalue weighted by Crippen LogP contribution is -2.26. The molecule has 3 nitrogen and oxygen atoms in total. The Hall–Kier alpha value is -1.29. The molecular weight excluding hydrogens is 365 g/mol. The number of carbonyl (C=O) groups excluding carboxylic acids is 1. The van der Waals surface area contributed by atoms with Gasteiger partial charge in [0, 0.05) is 6.07 Å². The van der Waals surface area contributed by atoms with E-state index in [0.717, 1.165) is 0 Å². The van der Waals surface area contributed by atoms with E-state index in [1.165, 1.54) is 76.3 Å². The fourth-order valence-electron chi connectivity index (χ4n) is 5.07. The Morgan fingerprint density at radius 2 is 1.96 bits per heavy atom. The highest BCUT2D eigenvalue weighted by Gasteiger charge is 2.41. The van der Waals surface area contributed by atoms with E-state index in [0.29, 0.717) is 29.6 Å². The van der Waals surface area contributed by atoms with Crippen molar-refractivity contribution < 1.29 is 13.9 Å². The molecule has 0 saturated heterocycles. The monoisotopic (exact) mass is 395 g/mol. The van der Waals surface area contributed by atoms with Gasteiger partial charge < -0.3 is 10.5 Å². The predicted octanol–water partition coefficient (Wildman–Crippen LogP) is 6.12. The van der Waals surface area contributed by atoms with Crippen molar-refractivity contribution >= 4 is 17.5 Å². The van der Waals surface area contributed by atoms with Crippen LogP contribution < -0.4 is 10.5 Å². The van der Waals surface area contributed by atoms with Gasteiger partial charge >= 0.3 is 0 Å². The minimum Gasteiger partial charge on any atom is -0.492 e. The molecule has 1 amide bonds. The van der Waals surface area contributed by atoms with Crippen molar-refractivity contribution in [2.45, 2.75) is 71.1 Å². The molecule has 3 saturated carbocycles. The number of primary amides is 1. The summed E-state index contributed by atoms with van der Waals surface area (Å²) in [7, 11) is 0. The van der Waals surface area contributed by atoms with Crippen molar-refractivity contribution in [3.8, 4) is 5.75 Å². The van der Waals surface area contributed by atoms with Crippen LogP contribution in [0.1, 0.15) is 81.5 Å². The van der Waals surface area contributed by atoms with Gasteiger partial charge in [0.15, 0.2) is 0 Å². The van der Waals surface area contributed by atoms with Crippen molar-refractivity contribution in [2.75, 3.05) is 6.61 Å². The van der Waals surface area contributed by atoms with Gasteiger partial charge in [-0.2, -0.15) is 0 Å². The Morgan fingerprint density at radius 3 is 2.63 bits per heavy atom. The first-order chi connectivity index (χ1) is 12.9. The Labute approximate surface area is 166 Å². The van der Waals surface area contributed by atoms with E-state index in [4.69, 9.17) is 22.1 Å². The molecule has 1 aromatic carbocycles. The van der Waals surface area contributed by atoms with E-state index in [1.54, 1.807) is 0 Å². The van der Waals surface area contributed by atoms with Crippen LogP contribution >= 0.6 is 11.6 Å². The van der Waals surface area contributed by atoms with Gasteiger partial charge in [-0.1, -0.05) is 37.8 Å². The smallest absolute Gasteiger partial charge is 0.251 e. The highest BCUT2D eigenvalue weighted by molar-refractivity contribution is 6.32. The molecule has 3 aliphatic carbocycles. The van der Waals surface area contributed by atoms with Gasteiger partial charge in [0.1, 0.15) is 11.6 Å². The second-order valence-corrected chi connectivity index (χ2v) is 8.94. The number of amides is 1. The lowest BCUT2D eigenvalue weighted by Gasteiger charge is -2.37. The fourth-order valence-corrected chi connectivity index (χ4v) is 5.29. The molecule has 4 rings (SSSR count). The minimum absolute atomic E-state index is 0.200. The standard InChI is InChI=1S/C22H31ClFNO2/c1-2-3-4-8-22-9-5-15(6-10-22)16(7-11-22)14-27-20-13-19(24)17(21(25)26)12-18(20)23/h12-13,15-16H,2-11,14H2,1H3,(H2,25,26). The summed E-state index contributed by atoms with van der Waals surface area (Å²) >= 11 is 6.17. The molecule has 0 spiro atoms. The molecule has 2 N–H and O–H groups in total. The molecule has 1 atom stereocenters. The molecule has 0 aliphatic heterocycles. The van der Waals surface area contributed by atoms with Gasteiger partial charge in [0.2, 0.25) is 0 Å². The molecule has 1 aromatic rings. The zero-order chi connectivity index (χ0) is 19.4. The number of unbranched alkanes of at least 4 members (excludes halogenated alkanes) is 2. The molecule has 3 fully saturated rings. The molecule has 150 valence electrons. The average Bonchev–Trinajstić information content (AvgIpc) is 2.92. The minimum atomic E-state index is -0.824. The molecular formula is C22H31ClFNO2. The van der Waals surface area contributed by atoms with Crippen molar-refractivity contribution in [3.63, 3.8) is 0 Å². The number of fused-ring (bicyclic) bond motifs is 4. The maximum absolute atomic E-state index is 14.0. The summed E-state index contributed by atoms with van der Waals surface area (Å²) in [6, 6.07) is 2.44. The van der Waals surface area contributed by atoms with E-state index in [-0.39, 0.29) is 10.6 Å². The quantitative estimate of drug-likeness (QED) is 0.538. The molecule has 0 aromatic heterocycles. The number of hydrogen-bond acceptors (Lipinski definition) is 2. The molecule has 0 radical (unpaired) electrons. The largest absolute Gasteiger partial charge is 0.492 e. The maximum atomic E-state index is 14.0. The van der Waals surface area contributed by atoms with E-state index in [1.807, 2.05) is 0 Å². The van der Waals surface area contributed by atoms with Crippen LogP contribution in [-0.4, -0.2) is 12.5 Å². The first-order valence-electron chi connectivity index (χ1n) is 10.4. The first-order valence-corrected chi connectivity index (χ1v) is 10.7. The number of ether oxygens (including phenoxy) is 1. The number of nitrogens with two attached hydrogens (primary N) is 1. The van der Waals surface area contributed by atoms with E-state index in [9.17, 15) is 9.18 Å². The van der Waals surface area contributed by atoms with Gasteiger partial charge in [-0.05, 0) is 68.3 Å². The number of benzene rings is 1. The number of halogens is 2. The molecule has 5 heteroatoms. The molecule has 0 heterocycles. The van der Waals surface area contributed by atoms with Gasteiger partial charge in [0.25, 0.3) is 5.91 Å². The van der Waals surface area contributed by atoms with E-state index in [2.05, 4.69) is 6.92 Å². The summed E-state index contributed by atoms with van der Waals surface area (Å²) in [5.41, 5.74) is 5.51. The summed E-state index contributed by atoms with van der Waals surface area (Å²) in [5, 5.41) is 0.235. The molecule has 2 bridgehead atoms. The van der Waals surface area contributed by atoms with Gasteiger partial charge in [-0.3, -0.25) is 4.79 Å². The second-order valence-electron chi connectivity index (χ2n) is 8.53. The van der Waals surface area contributed by atoms with Crippen molar-refractivity contribution in [3.05, 3.63) is 28.5 Å². The van der Waals surface area contributed by atoms with Crippen LogP contribution in [0.4, 0.5) is 4.39 Å². The Balaban J connectivity index is 1.61. The SMILES string of the molecule is CCCCCC12CCC(CC1)C(COc1cc(F)c(C(N)=O)cc1Cl)CC2. The molecule has 1 unspecified atom stereocenters. The number of rotatable bonds is 8. The summed E-state index contributed by atoms with van der Waals surface area (Å²) in [4.78, 5) is 11.2. The van der Waals surface area contributed by atoms with E-state index < -0.39 is 11.7 Å². The zero-order valence-electron chi connectivity index (χ0n) is 16.2. The van der Waals surface area contributed by atoms with Crippen LogP contribution in [0.15, 0.2) is 12.1 Å². The average molecular weight is 396 g/mol. The van der Waals surface area contributed by atoms with Crippen LogP contribution in [0.3, 0.4) is 0 Å². The fraction of sp³-hybridized carbons (Fsp3) is 0.682. The summed E-state index contributed by atoms with van der Waals surface area (Å²) < 4.78 is 19.9. The highest BCUT2D eigenvalue weighted by Crippen LogP contribution is 2.52. The van der Waals surface area contributed by atoms with Crippen LogP contribution in [-0.2, 0) is 0 Å². The second kappa shape index (κ2) is 8.81. The highest BCUT2D eigenvalue weighted by atomic mass is 35.5. The molecule has 27 heavy (non-hydrogen) atoms. The van der Waals surface area contributed by atoms with Crippen LogP contribution in [0, 0.1) is 23.1 Å². The lowest BCUT2D eigenvalue weighted by atomic mass is 9.68. The Morgan fingerprint density at radius 1 is 1.26 bits per heavy atom. The Kier molecular flexibility index (Phi) is 6.67. The van der Waals surface area contributed by atoms with Crippen molar-refractivity contribution in [1.29, 1.82) is 0 Å². The third-order valence-corrected chi connectivity index (χ3v) is 7.15. The van der Waals surface area contributed by atoms with Gasteiger partial charge in [-0.15, -0.1) is 0 Å². The zero-order valence-corrected chi connectivity index (χ0v) is 17.0. The lowest BCUT2D eigenvalue weighted by molar-refractivity contribution is 0.0996. The first kappa shape index (κ1) is 20.4. The third kappa shape index (κ3) is 4.77. The van der Waals surface area contributed by atoms with E-state index >= 15 is 0 Å². The van der Waals surface area contributed by atoms with Crippen molar-refractivity contribution in [2.24, 2.45) is 23.0 Å². The summed E-state index contributed by atoms with van der Waals surface area (Å²) in [6.07, 6.45) is 13.0. The number of hydrogen-bond donors (Lipinski definition) is 1. The third-order valence-electron chi connectivity index (χ3n) is 6.85. The maximum Gasteiger partial charge on any atom is 0.251 e. The summed E-state index contributed by atoms with van der Waals surface area (Å²) in [6.45, 7) is 2.82. The van der Waals surface area contributed by atoms with Crippen molar-refractivity contribution in [1.82, 2.24) is 0 Å². The number of carbonyl (C=O) groups is 1. The van der Waals surface area contributed by atoms with Crippen LogP contribution in [0.2, 0.25) is 5.02 Å². The topological polar surface area (TPSA) is 52.3 Å². The normalized spacial score (nSPS) is 27.4. The Bertz CT molecular complexity index is 671. The van der Waals surface area contributed by atoms with Gasteiger partial charge in [-0.25, -0.2) is 4.39 Å². The van der Waals surface area contributed by atoms with Gasteiger partial charge in [0.05, 0.1) is 17.2 Å².